The van der Waals surface area contributed by atoms with Gasteiger partial charge in [0.2, 0.25) is 0 Å². The maximum atomic E-state index is 4.14. The molecule has 0 aliphatic heterocycles. The number of nitrogens with zero attached hydrogens (tertiary/aromatic N) is 1. The van der Waals surface area contributed by atoms with Crippen LogP contribution in [0.25, 0.3) is 11.1 Å². The van der Waals surface area contributed by atoms with Gasteiger partial charge in [0.25, 0.3) is 0 Å². The number of hydrogen-bond acceptors (Lipinski definition) is 2. The number of benzene rings is 1. The Labute approximate surface area is 103 Å². The Hall–Kier alpha value is -1.67. The predicted molar refractivity (Wildman–Crippen MR) is 71.8 cm³/mol. The van der Waals surface area contributed by atoms with Gasteiger partial charge in [-0.3, -0.25) is 4.98 Å². The summed E-state index contributed by atoms with van der Waals surface area (Å²) in [6.07, 6.45) is 4.79. The maximum absolute atomic E-state index is 4.14. The topological polar surface area (TPSA) is 24.9 Å². The van der Waals surface area contributed by atoms with E-state index >= 15 is 0 Å². The summed E-state index contributed by atoms with van der Waals surface area (Å²) < 4.78 is 0. The van der Waals surface area contributed by atoms with E-state index in [0.717, 1.165) is 12.0 Å². The molecule has 0 radical (unpaired) electrons. The lowest BCUT2D eigenvalue weighted by Crippen LogP contribution is -2.14. The third-order valence-electron chi connectivity index (χ3n) is 3.06. The molecule has 0 fully saturated rings. The first-order valence-corrected chi connectivity index (χ1v) is 6.02. The molecule has 2 rings (SSSR count). The molecule has 0 amide bonds. The minimum atomic E-state index is 0.443. The van der Waals surface area contributed by atoms with Gasteiger partial charge in [0, 0.05) is 18.4 Å². The van der Waals surface area contributed by atoms with Crippen LogP contribution in [0.2, 0.25) is 0 Å². The second kappa shape index (κ2) is 5.60. The first-order chi connectivity index (χ1) is 8.35. The highest BCUT2D eigenvalue weighted by molar-refractivity contribution is 5.62. The summed E-state index contributed by atoms with van der Waals surface area (Å²) in [6, 6.07) is 13.2. The molecule has 17 heavy (non-hydrogen) atoms. The Kier molecular flexibility index (Phi) is 3.89. The zero-order valence-corrected chi connectivity index (χ0v) is 10.4. The van der Waals surface area contributed by atoms with Crippen molar-refractivity contribution >= 4 is 0 Å². The van der Waals surface area contributed by atoms with Crippen LogP contribution in [-0.2, 0) is 0 Å². The highest BCUT2D eigenvalue weighted by Crippen LogP contribution is 2.22. The van der Waals surface area contributed by atoms with Crippen LogP contribution in [0.1, 0.15) is 24.9 Å². The fourth-order valence-electron chi connectivity index (χ4n) is 2.05. The van der Waals surface area contributed by atoms with Gasteiger partial charge in [-0.2, -0.15) is 0 Å². The Morgan fingerprint density at radius 1 is 1.12 bits per heavy atom. The van der Waals surface area contributed by atoms with Crippen molar-refractivity contribution in [2.75, 3.05) is 7.05 Å². The Morgan fingerprint density at radius 2 is 1.88 bits per heavy atom. The average molecular weight is 226 g/mol. The molecular formula is C15H18N2. The second-order valence-corrected chi connectivity index (χ2v) is 4.11. The van der Waals surface area contributed by atoms with Crippen LogP contribution in [-0.4, -0.2) is 12.0 Å². The second-order valence-electron chi connectivity index (χ2n) is 4.11. The first kappa shape index (κ1) is 11.8. The van der Waals surface area contributed by atoms with Crippen molar-refractivity contribution in [3.05, 3.63) is 54.4 Å². The molecule has 0 aliphatic rings. The number of aromatic nitrogens is 1. The molecule has 0 bridgehead atoms. The Bertz CT molecular complexity index is 444. The molecule has 0 saturated carbocycles. The largest absolute Gasteiger partial charge is 0.313 e. The van der Waals surface area contributed by atoms with Crippen molar-refractivity contribution < 1.29 is 0 Å². The Morgan fingerprint density at radius 3 is 2.41 bits per heavy atom. The number of rotatable bonds is 4. The molecule has 1 unspecified atom stereocenters. The average Bonchev–Trinajstić information content (AvgIpc) is 2.42. The summed E-state index contributed by atoms with van der Waals surface area (Å²) in [7, 11) is 2.00. The van der Waals surface area contributed by atoms with E-state index in [1.807, 2.05) is 19.3 Å². The van der Waals surface area contributed by atoms with Gasteiger partial charge in [0.05, 0.1) is 0 Å². The van der Waals surface area contributed by atoms with Gasteiger partial charge in [-0.05, 0) is 36.2 Å². The molecule has 0 aliphatic carbocycles. The van der Waals surface area contributed by atoms with E-state index in [4.69, 9.17) is 0 Å². The molecule has 0 spiro atoms. The van der Waals surface area contributed by atoms with Crippen molar-refractivity contribution in [3.8, 4) is 11.1 Å². The van der Waals surface area contributed by atoms with E-state index in [2.05, 4.69) is 47.6 Å². The fraction of sp³-hybridized carbons (Fsp3) is 0.267. The predicted octanol–water partition coefficient (Wildman–Crippen LogP) is 3.42. The molecule has 1 N–H and O–H groups in total. The van der Waals surface area contributed by atoms with Crippen molar-refractivity contribution in [3.63, 3.8) is 0 Å². The van der Waals surface area contributed by atoms with Gasteiger partial charge < -0.3 is 5.32 Å². The lowest BCUT2D eigenvalue weighted by molar-refractivity contribution is 0.577. The highest BCUT2D eigenvalue weighted by Gasteiger charge is 2.06. The van der Waals surface area contributed by atoms with Gasteiger partial charge in [-0.25, -0.2) is 0 Å². The van der Waals surface area contributed by atoms with Crippen LogP contribution in [0.5, 0.6) is 0 Å². The van der Waals surface area contributed by atoms with Crippen LogP contribution < -0.4 is 5.32 Å². The van der Waals surface area contributed by atoms with Gasteiger partial charge in [-0.1, -0.05) is 37.3 Å². The summed E-state index contributed by atoms with van der Waals surface area (Å²) in [4.78, 5) is 4.14. The molecular weight excluding hydrogens is 208 g/mol. The fourth-order valence-corrected chi connectivity index (χ4v) is 2.05. The minimum absolute atomic E-state index is 0.443. The standard InChI is InChI=1S/C15H18N2/c1-3-15(16-2)13-8-6-12(7-9-13)14-5-4-10-17-11-14/h4-11,15-16H,3H2,1-2H3. The van der Waals surface area contributed by atoms with Crippen molar-refractivity contribution in [2.45, 2.75) is 19.4 Å². The van der Waals surface area contributed by atoms with Crippen molar-refractivity contribution in [1.29, 1.82) is 0 Å². The van der Waals surface area contributed by atoms with E-state index in [1.165, 1.54) is 11.1 Å². The summed E-state index contributed by atoms with van der Waals surface area (Å²) in [5, 5.41) is 3.31. The van der Waals surface area contributed by atoms with E-state index in [1.54, 1.807) is 6.20 Å². The van der Waals surface area contributed by atoms with Crippen LogP contribution >= 0.6 is 0 Å². The van der Waals surface area contributed by atoms with E-state index in [-0.39, 0.29) is 0 Å². The monoisotopic (exact) mass is 226 g/mol. The molecule has 1 heterocycles. The lowest BCUT2D eigenvalue weighted by atomic mass is 10.0. The molecule has 2 aromatic rings. The molecule has 0 saturated heterocycles. The molecule has 1 aromatic heterocycles. The SMILES string of the molecule is CCC(NC)c1ccc(-c2cccnc2)cc1. The Balaban J connectivity index is 2.24. The molecule has 88 valence electrons. The first-order valence-electron chi connectivity index (χ1n) is 6.02. The minimum Gasteiger partial charge on any atom is -0.313 e. The third-order valence-corrected chi connectivity index (χ3v) is 3.06. The summed E-state index contributed by atoms with van der Waals surface area (Å²) in [5.74, 6) is 0. The summed E-state index contributed by atoms with van der Waals surface area (Å²) in [6.45, 7) is 2.19. The van der Waals surface area contributed by atoms with Crippen LogP contribution in [0.3, 0.4) is 0 Å². The number of pyridine rings is 1. The number of nitrogens with one attached hydrogen (secondary N) is 1. The van der Waals surface area contributed by atoms with E-state index in [0.29, 0.717) is 6.04 Å². The van der Waals surface area contributed by atoms with Crippen LogP contribution in [0.4, 0.5) is 0 Å². The zero-order valence-electron chi connectivity index (χ0n) is 10.4. The van der Waals surface area contributed by atoms with Crippen LogP contribution in [0.15, 0.2) is 48.8 Å². The molecule has 1 aromatic carbocycles. The highest BCUT2D eigenvalue weighted by atomic mass is 14.9. The summed E-state index contributed by atoms with van der Waals surface area (Å²) >= 11 is 0. The summed E-state index contributed by atoms with van der Waals surface area (Å²) in [5.41, 5.74) is 3.71. The van der Waals surface area contributed by atoms with Crippen LogP contribution in [0, 0.1) is 0 Å². The van der Waals surface area contributed by atoms with Gasteiger partial charge >= 0.3 is 0 Å². The molecule has 2 heteroatoms. The van der Waals surface area contributed by atoms with Gasteiger partial charge in [0.15, 0.2) is 0 Å². The van der Waals surface area contributed by atoms with E-state index < -0.39 is 0 Å². The zero-order chi connectivity index (χ0) is 12.1. The van der Waals surface area contributed by atoms with Gasteiger partial charge in [-0.15, -0.1) is 0 Å². The normalized spacial score (nSPS) is 12.4. The van der Waals surface area contributed by atoms with E-state index in [9.17, 15) is 0 Å². The third kappa shape index (κ3) is 2.71. The van der Waals surface area contributed by atoms with Crippen molar-refractivity contribution in [1.82, 2.24) is 10.3 Å². The van der Waals surface area contributed by atoms with Crippen molar-refractivity contribution in [2.24, 2.45) is 0 Å². The van der Waals surface area contributed by atoms with Gasteiger partial charge in [0.1, 0.15) is 0 Å². The number of hydrogen-bond donors (Lipinski definition) is 1. The quantitative estimate of drug-likeness (QED) is 0.864. The molecule has 2 nitrogen and oxygen atoms in total. The molecule has 1 atom stereocenters. The maximum Gasteiger partial charge on any atom is 0.0346 e. The lowest BCUT2D eigenvalue weighted by Gasteiger charge is -2.14. The smallest absolute Gasteiger partial charge is 0.0346 e.